The molecule has 1 aromatic carbocycles. The van der Waals surface area contributed by atoms with Crippen molar-refractivity contribution in [1.82, 2.24) is 5.32 Å². The van der Waals surface area contributed by atoms with Crippen LogP contribution in [-0.4, -0.2) is 6.54 Å². The molecule has 1 aliphatic rings. The molecule has 0 fully saturated rings. The Bertz CT molecular complexity index is 304. The van der Waals surface area contributed by atoms with Gasteiger partial charge in [-0.3, -0.25) is 0 Å². The van der Waals surface area contributed by atoms with Crippen LogP contribution in [0, 0.1) is 0 Å². The van der Waals surface area contributed by atoms with E-state index in [1.165, 1.54) is 36.8 Å². The fourth-order valence-corrected chi connectivity index (χ4v) is 2.16. The van der Waals surface area contributed by atoms with Crippen LogP contribution in [0.5, 0.6) is 0 Å². The summed E-state index contributed by atoms with van der Waals surface area (Å²) in [7, 11) is 0. The molecule has 0 bridgehead atoms. The standard InChI is InChI=1S/C13H19N/c1-2-4-11-6-7-12-5-3-8-14-10-13(12)9-11/h6-7,9,14H,2-5,8,10H2,1H3. The van der Waals surface area contributed by atoms with Crippen LogP contribution in [-0.2, 0) is 19.4 Å². The van der Waals surface area contributed by atoms with Crippen molar-refractivity contribution in [2.75, 3.05) is 6.54 Å². The number of fused-ring (bicyclic) bond motifs is 1. The number of hydrogen-bond donors (Lipinski definition) is 1. The van der Waals surface area contributed by atoms with Crippen LogP contribution in [0.4, 0.5) is 0 Å². The summed E-state index contributed by atoms with van der Waals surface area (Å²) in [5, 5.41) is 3.47. The van der Waals surface area contributed by atoms with E-state index in [0.29, 0.717) is 0 Å². The van der Waals surface area contributed by atoms with Crippen LogP contribution < -0.4 is 5.32 Å². The number of nitrogens with one attached hydrogen (secondary N) is 1. The predicted octanol–water partition coefficient (Wildman–Crippen LogP) is 2.67. The Hall–Kier alpha value is -0.820. The van der Waals surface area contributed by atoms with E-state index in [2.05, 4.69) is 30.4 Å². The Morgan fingerprint density at radius 1 is 1.29 bits per heavy atom. The van der Waals surface area contributed by atoms with Gasteiger partial charge < -0.3 is 5.32 Å². The van der Waals surface area contributed by atoms with Gasteiger partial charge in [0.15, 0.2) is 0 Å². The summed E-state index contributed by atoms with van der Waals surface area (Å²) in [5.74, 6) is 0. The fraction of sp³-hybridized carbons (Fsp3) is 0.538. The van der Waals surface area contributed by atoms with Gasteiger partial charge in [0.1, 0.15) is 0 Å². The van der Waals surface area contributed by atoms with Crippen molar-refractivity contribution in [2.24, 2.45) is 0 Å². The van der Waals surface area contributed by atoms with E-state index in [0.717, 1.165) is 13.1 Å². The van der Waals surface area contributed by atoms with Crippen molar-refractivity contribution in [3.05, 3.63) is 34.9 Å². The largest absolute Gasteiger partial charge is 0.313 e. The van der Waals surface area contributed by atoms with E-state index in [-0.39, 0.29) is 0 Å². The maximum atomic E-state index is 3.47. The van der Waals surface area contributed by atoms with Gasteiger partial charge in [0.2, 0.25) is 0 Å². The van der Waals surface area contributed by atoms with Crippen molar-refractivity contribution in [3.8, 4) is 0 Å². The number of benzene rings is 1. The summed E-state index contributed by atoms with van der Waals surface area (Å²) in [6.45, 7) is 4.47. The van der Waals surface area contributed by atoms with Crippen molar-refractivity contribution in [2.45, 2.75) is 39.2 Å². The van der Waals surface area contributed by atoms with Gasteiger partial charge in [-0.25, -0.2) is 0 Å². The van der Waals surface area contributed by atoms with Crippen molar-refractivity contribution >= 4 is 0 Å². The third-order valence-corrected chi connectivity index (χ3v) is 2.92. The molecule has 0 unspecified atom stereocenters. The first-order valence-electron chi connectivity index (χ1n) is 5.71. The highest BCUT2D eigenvalue weighted by Gasteiger charge is 2.07. The molecule has 1 N–H and O–H groups in total. The maximum absolute atomic E-state index is 3.47. The molecule has 0 aliphatic carbocycles. The lowest BCUT2D eigenvalue weighted by molar-refractivity contribution is 0.680. The van der Waals surface area contributed by atoms with Gasteiger partial charge in [-0.1, -0.05) is 31.5 Å². The molecule has 2 rings (SSSR count). The minimum absolute atomic E-state index is 1.06. The molecule has 76 valence electrons. The van der Waals surface area contributed by atoms with Gasteiger partial charge in [0.25, 0.3) is 0 Å². The molecule has 1 heteroatoms. The van der Waals surface area contributed by atoms with Crippen LogP contribution in [0.3, 0.4) is 0 Å². The number of hydrogen-bond acceptors (Lipinski definition) is 1. The van der Waals surface area contributed by atoms with Crippen LogP contribution >= 0.6 is 0 Å². The van der Waals surface area contributed by atoms with E-state index >= 15 is 0 Å². The smallest absolute Gasteiger partial charge is 0.0208 e. The molecule has 0 amide bonds. The molecule has 1 aliphatic heterocycles. The fourth-order valence-electron chi connectivity index (χ4n) is 2.16. The van der Waals surface area contributed by atoms with Crippen molar-refractivity contribution < 1.29 is 0 Å². The second-order valence-electron chi connectivity index (χ2n) is 4.13. The Labute approximate surface area is 86.5 Å². The molecule has 14 heavy (non-hydrogen) atoms. The molecule has 0 atom stereocenters. The zero-order chi connectivity index (χ0) is 9.80. The SMILES string of the molecule is CCCc1ccc2c(c1)CNCCC2. The molecule has 0 radical (unpaired) electrons. The predicted molar refractivity (Wildman–Crippen MR) is 60.5 cm³/mol. The lowest BCUT2D eigenvalue weighted by atomic mass is 9.99. The molecule has 1 aromatic rings. The lowest BCUT2D eigenvalue weighted by Gasteiger charge is -2.07. The second kappa shape index (κ2) is 4.61. The second-order valence-corrected chi connectivity index (χ2v) is 4.13. The molecule has 0 saturated heterocycles. The summed E-state index contributed by atoms with van der Waals surface area (Å²) in [6.07, 6.45) is 4.98. The molecule has 0 spiro atoms. The first-order chi connectivity index (χ1) is 6.90. The summed E-state index contributed by atoms with van der Waals surface area (Å²) in [5.41, 5.74) is 4.57. The minimum Gasteiger partial charge on any atom is -0.313 e. The monoisotopic (exact) mass is 189 g/mol. The maximum Gasteiger partial charge on any atom is 0.0208 e. The van der Waals surface area contributed by atoms with Crippen molar-refractivity contribution in [3.63, 3.8) is 0 Å². The Kier molecular flexibility index (Phi) is 3.20. The van der Waals surface area contributed by atoms with E-state index < -0.39 is 0 Å². The zero-order valence-corrected chi connectivity index (χ0v) is 8.97. The lowest BCUT2D eigenvalue weighted by Crippen LogP contribution is -2.12. The number of rotatable bonds is 2. The van der Waals surface area contributed by atoms with Gasteiger partial charge in [-0.05, 0) is 42.5 Å². The summed E-state index contributed by atoms with van der Waals surface area (Å²) in [6, 6.07) is 7.01. The van der Waals surface area contributed by atoms with Crippen LogP contribution in [0.2, 0.25) is 0 Å². The van der Waals surface area contributed by atoms with Gasteiger partial charge >= 0.3 is 0 Å². The Morgan fingerprint density at radius 3 is 3.07 bits per heavy atom. The van der Waals surface area contributed by atoms with E-state index in [1.807, 2.05) is 0 Å². The van der Waals surface area contributed by atoms with Gasteiger partial charge in [0.05, 0.1) is 0 Å². The molecular weight excluding hydrogens is 170 g/mol. The third-order valence-electron chi connectivity index (χ3n) is 2.92. The van der Waals surface area contributed by atoms with Crippen LogP contribution in [0.25, 0.3) is 0 Å². The van der Waals surface area contributed by atoms with E-state index in [9.17, 15) is 0 Å². The Morgan fingerprint density at radius 2 is 2.21 bits per heavy atom. The molecule has 0 saturated carbocycles. The highest BCUT2D eigenvalue weighted by atomic mass is 14.8. The normalized spacial score (nSPS) is 16.1. The zero-order valence-electron chi connectivity index (χ0n) is 8.97. The van der Waals surface area contributed by atoms with Crippen LogP contribution in [0.1, 0.15) is 36.5 Å². The molecular formula is C13H19N. The quantitative estimate of drug-likeness (QED) is 0.754. The first kappa shape index (κ1) is 9.72. The number of aryl methyl sites for hydroxylation is 2. The first-order valence-corrected chi connectivity index (χ1v) is 5.71. The van der Waals surface area contributed by atoms with Crippen molar-refractivity contribution in [1.29, 1.82) is 0 Å². The summed E-state index contributed by atoms with van der Waals surface area (Å²) >= 11 is 0. The molecule has 1 heterocycles. The third kappa shape index (κ3) is 2.16. The summed E-state index contributed by atoms with van der Waals surface area (Å²) < 4.78 is 0. The Balaban J connectivity index is 2.23. The highest BCUT2D eigenvalue weighted by molar-refractivity contribution is 5.33. The van der Waals surface area contributed by atoms with E-state index in [1.54, 1.807) is 5.56 Å². The van der Waals surface area contributed by atoms with Gasteiger partial charge in [-0.2, -0.15) is 0 Å². The average molecular weight is 189 g/mol. The molecule has 1 nitrogen and oxygen atoms in total. The highest BCUT2D eigenvalue weighted by Crippen LogP contribution is 2.17. The minimum atomic E-state index is 1.06. The van der Waals surface area contributed by atoms with Gasteiger partial charge in [0, 0.05) is 6.54 Å². The van der Waals surface area contributed by atoms with Crippen LogP contribution in [0.15, 0.2) is 18.2 Å². The van der Waals surface area contributed by atoms with E-state index in [4.69, 9.17) is 0 Å². The summed E-state index contributed by atoms with van der Waals surface area (Å²) in [4.78, 5) is 0. The average Bonchev–Trinajstić information content (AvgIpc) is 2.42. The van der Waals surface area contributed by atoms with Gasteiger partial charge in [-0.15, -0.1) is 0 Å². The molecule has 0 aromatic heterocycles. The topological polar surface area (TPSA) is 12.0 Å².